The Balaban J connectivity index is 1.54. The molecule has 0 saturated carbocycles. The Kier molecular flexibility index (Phi) is 5.99. The second-order valence-corrected chi connectivity index (χ2v) is 9.72. The van der Waals surface area contributed by atoms with Crippen LogP contribution >= 0.6 is 11.8 Å². The summed E-state index contributed by atoms with van der Waals surface area (Å²) in [7, 11) is 0. The van der Waals surface area contributed by atoms with Crippen LogP contribution in [0.3, 0.4) is 0 Å². The number of imidazole rings is 1. The summed E-state index contributed by atoms with van der Waals surface area (Å²) < 4.78 is 2.25. The SMILES string of the molecule is CC(C)C[C@H](NC(=O)CC1(n2cccc2)CCSCC1)c1nc2ccccc2[nH]1. The average Bonchev–Trinajstić information content (AvgIpc) is 3.38. The summed E-state index contributed by atoms with van der Waals surface area (Å²) in [4.78, 5) is 21.4. The highest BCUT2D eigenvalue weighted by atomic mass is 32.2. The molecule has 4 rings (SSSR count). The van der Waals surface area contributed by atoms with Crippen LogP contribution < -0.4 is 5.32 Å². The van der Waals surface area contributed by atoms with Crippen molar-refractivity contribution in [3.63, 3.8) is 0 Å². The molecule has 1 atom stereocenters. The fourth-order valence-electron chi connectivity index (χ4n) is 4.32. The van der Waals surface area contributed by atoms with Gasteiger partial charge in [0.1, 0.15) is 5.82 Å². The number of aromatic amines is 1. The van der Waals surface area contributed by atoms with E-state index in [4.69, 9.17) is 4.98 Å². The minimum atomic E-state index is -0.116. The topological polar surface area (TPSA) is 62.7 Å². The van der Waals surface area contributed by atoms with Crippen molar-refractivity contribution in [2.24, 2.45) is 5.92 Å². The van der Waals surface area contributed by atoms with Crippen molar-refractivity contribution in [3.8, 4) is 0 Å². The van der Waals surface area contributed by atoms with Crippen molar-refractivity contribution in [3.05, 3.63) is 54.6 Å². The normalized spacial score (nSPS) is 17.5. The van der Waals surface area contributed by atoms with Crippen LogP contribution in [0.1, 0.15) is 51.4 Å². The summed E-state index contributed by atoms with van der Waals surface area (Å²) in [5.41, 5.74) is 1.84. The fourth-order valence-corrected chi connectivity index (χ4v) is 5.57. The summed E-state index contributed by atoms with van der Waals surface area (Å²) in [6, 6.07) is 12.0. The van der Waals surface area contributed by atoms with Gasteiger partial charge in [0, 0.05) is 12.4 Å². The predicted octanol–water partition coefficient (Wildman–Crippen LogP) is 4.88. The lowest BCUT2D eigenvalue weighted by Crippen LogP contribution is -2.42. The van der Waals surface area contributed by atoms with E-state index in [1.807, 2.05) is 36.0 Å². The number of benzene rings is 1. The van der Waals surface area contributed by atoms with Crippen LogP contribution in [-0.4, -0.2) is 31.9 Å². The number of nitrogens with one attached hydrogen (secondary N) is 2. The van der Waals surface area contributed by atoms with Crippen molar-refractivity contribution in [1.29, 1.82) is 0 Å². The van der Waals surface area contributed by atoms with Crippen molar-refractivity contribution in [2.45, 2.75) is 51.1 Å². The molecule has 3 aromatic rings. The van der Waals surface area contributed by atoms with Crippen LogP contribution in [-0.2, 0) is 10.3 Å². The molecule has 0 radical (unpaired) electrons. The molecule has 1 aliphatic rings. The van der Waals surface area contributed by atoms with Gasteiger partial charge >= 0.3 is 0 Å². The van der Waals surface area contributed by atoms with Crippen molar-refractivity contribution < 1.29 is 4.79 Å². The first-order chi connectivity index (χ1) is 14.1. The minimum absolute atomic E-state index is 0.102. The Morgan fingerprint density at radius 3 is 2.62 bits per heavy atom. The van der Waals surface area contributed by atoms with Gasteiger partial charge in [-0.3, -0.25) is 4.79 Å². The molecule has 6 heteroatoms. The van der Waals surface area contributed by atoms with Gasteiger partial charge in [0.15, 0.2) is 0 Å². The largest absolute Gasteiger partial charge is 0.348 e. The number of thioether (sulfide) groups is 1. The van der Waals surface area contributed by atoms with Crippen LogP contribution in [0.5, 0.6) is 0 Å². The molecule has 1 aliphatic heterocycles. The number of rotatable bonds is 7. The molecule has 2 N–H and O–H groups in total. The molecule has 0 spiro atoms. The number of hydrogen-bond donors (Lipinski definition) is 2. The zero-order valence-corrected chi connectivity index (χ0v) is 18.0. The molecule has 1 aromatic carbocycles. The Hall–Kier alpha value is -2.21. The highest BCUT2D eigenvalue weighted by Gasteiger charge is 2.36. The molecule has 1 saturated heterocycles. The van der Waals surface area contributed by atoms with E-state index in [2.05, 4.69) is 53.2 Å². The summed E-state index contributed by atoms with van der Waals surface area (Å²) in [6.45, 7) is 4.36. The number of H-pyrrole nitrogens is 1. The first-order valence-electron chi connectivity index (χ1n) is 10.5. The maximum Gasteiger partial charge on any atom is 0.222 e. The van der Waals surface area contributed by atoms with Gasteiger partial charge in [-0.1, -0.05) is 26.0 Å². The average molecular weight is 411 g/mol. The van der Waals surface area contributed by atoms with E-state index >= 15 is 0 Å². The van der Waals surface area contributed by atoms with Gasteiger partial charge in [-0.25, -0.2) is 4.98 Å². The highest BCUT2D eigenvalue weighted by Crippen LogP contribution is 2.37. The first kappa shape index (κ1) is 20.1. The van der Waals surface area contributed by atoms with E-state index < -0.39 is 0 Å². The van der Waals surface area contributed by atoms with Crippen LogP contribution in [0.15, 0.2) is 48.8 Å². The monoisotopic (exact) mass is 410 g/mol. The molecule has 154 valence electrons. The number of para-hydroxylation sites is 2. The van der Waals surface area contributed by atoms with E-state index in [9.17, 15) is 4.79 Å². The van der Waals surface area contributed by atoms with Crippen LogP contribution in [0.4, 0.5) is 0 Å². The Morgan fingerprint density at radius 1 is 1.21 bits per heavy atom. The second-order valence-electron chi connectivity index (χ2n) is 8.49. The smallest absolute Gasteiger partial charge is 0.222 e. The van der Waals surface area contributed by atoms with Gasteiger partial charge in [-0.2, -0.15) is 11.8 Å². The van der Waals surface area contributed by atoms with Crippen LogP contribution in [0, 0.1) is 5.92 Å². The number of nitrogens with zero attached hydrogens (tertiary/aromatic N) is 2. The first-order valence-corrected chi connectivity index (χ1v) is 11.7. The lowest BCUT2D eigenvalue weighted by Gasteiger charge is -2.38. The van der Waals surface area contributed by atoms with E-state index in [1.54, 1.807) is 0 Å². The summed E-state index contributed by atoms with van der Waals surface area (Å²) in [5, 5.41) is 3.31. The summed E-state index contributed by atoms with van der Waals surface area (Å²) >= 11 is 1.98. The maximum atomic E-state index is 13.2. The van der Waals surface area contributed by atoms with Gasteiger partial charge in [-0.05, 0) is 61.0 Å². The number of carbonyl (C=O) groups is 1. The van der Waals surface area contributed by atoms with E-state index in [1.165, 1.54) is 0 Å². The fraction of sp³-hybridized carbons (Fsp3) is 0.478. The Labute approximate surface area is 176 Å². The van der Waals surface area contributed by atoms with Gasteiger partial charge in [0.05, 0.1) is 29.0 Å². The third-order valence-electron chi connectivity index (χ3n) is 5.85. The molecule has 0 bridgehead atoms. The van der Waals surface area contributed by atoms with Crippen LogP contribution in [0.2, 0.25) is 0 Å². The lowest BCUT2D eigenvalue weighted by atomic mass is 9.87. The van der Waals surface area contributed by atoms with Crippen molar-refractivity contribution >= 4 is 28.7 Å². The van der Waals surface area contributed by atoms with E-state index in [0.717, 1.165) is 47.6 Å². The van der Waals surface area contributed by atoms with Crippen LogP contribution in [0.25, 0.3) is 11.0 Å². The standard InChI is InChI=1S/C23H30N4OS/c1-17(2)15-20(22-25-18-7-3-4-8-19(18)26-22)24-21(28)16-23(9-13-29-14-10-23)27-11-5-6-12-27/h3-8,11-12,17,20H,9-10,13-16H2,1-2H3,(H,24,28)(H,25,26)/t20-/m0/s1. The molecular formula is C23H30N4OS. The molecule has 1 fully saturated rings. The molecule has 2 aromatic heterocycles. The zero-order valence-electron chi connectivity index (χ0n) is 17.2. The van der Waals surface area contributed by atoms with Gasteiger partial charge in [-0.15, -0.1) is 0 Å². The van der Waals surface area contributed by atoms with Gasteiger partial charge in [0.25, 0.3) is 0 Å². The van der Waals surface area contributed by atoms with Gasteiger partial charge < -0.3 is 14.9 Å². The Bertz CT molecular complexity index is 908. The minimum Gasteiger partial charge on any atom is -0.348 e. The quantitative estimate of drug-likeness (QED) is 0.583. The molecule has 0 unspecified atom stereocenters. The Morgan fingerprint density at radius 2 is 1.93 bits per heavy atom. The number of amides is 1. The number of fused-ring (bicyclic) bond motifs is 1. The van der Waals surface area contributed by atoms with Crippen molar-refractivity contribution in [2.75, 3.05) is 11.5 Å². The molecule has 5 nitrogen and oxygen atoms in total. The molecule has 3 heterocycles. The molecule has 29 heavy (non-hydrogen) atoms. The number of carbonyl (C=O) groups excluding carboxylic acids is 1. The van der Waals surface area contributed by atoms with Crippen molar-refractivity contribution in [1.82, 2.24) is 19.9 Å². The number of aromatic nitrogens is 3. The molecule has 0 aliphatic carbocycles. The maximum absolute atomic E-state index is 13.2. The van der Waals surface area contributed by atoms with Gasteiger partial charge in [0.2, 0.25) is 5.91 Å². The van der Waals surface area contributed by atoms with E-state index in [-0.39, 0.29) is 17.5 Å². The predicted molar refractivity (Wildman–Crippen MR) is 120 cm³/mol. The number of hydrogen-bond acceptors (Lipinski definition) is 3. The summed E-state index contributed by atoms with van der Waals surface area (Å²) in [5.74, 6) is 3.62. The summed E-state index contributed by atoms with van der Waals surface area (Å²) in [6.07, 6.45) is 7.63. The second kappa shape index (κ2) is 8.66. The zero-order chi connectivity index (χ0) is 20.3. The highest BCUT2D eigenvalue weighted by molar-refractivity contribution is 7.99. The van der Waals surface area contributed by atoms with E-state index in [0.29, 0.717) is 12.3 Å². The molecular weight excluding hydrogens is 380 g/mol. The third-order valence-corrected chi connectivity index (χ3v) is 6.83. The lowest BCUT2D eigenvalue weighted by molar-refractivity contribution is -0.124. The third kappa shape index (κ3) is 4.53. The molecule has 1 amide bonds.